The van der Waals surface area contributed by atoms with E-state index in [9.17, 15) is 4.79 Å². The fourth-order valence-corrected chi connectivity index (χ4v) is 3.77. The smallest absolute Gasteiger partial charge is 0.238 e. The van der Waals surface area contributed by atoms with E-state index in [1.54, 1.807) is 18.0 Å². The number of aromatic nitrogens is 2. The minimum absolute atomic E-state index is 0.0158. The van der Waals surface area contributed by atoms with Crippen molar-refractivity contribution in [2.75, 3.05) is 32.1 Å². The van der Waals surface area contributed by atoms with E-state index in [2.05, 4.69) is 31.2 Å². The number of anilines is 1. The third-order valence-corrected chi connectivity index (χ3v) is 5.03. The SMILES string of the molecule is COc1ccc(NC(=O)CN2CCCCC2)cc1-c1c(Br)cnn1C. The first-order chi connectivity index (χ1) is 12.1. The second-order valence-electron chi connectivity index (χ2n) is 6.26. The number of benzene rings is 1. The number of ether oxygens (including phenoxy) is 1. The van der Waals surface area contributed by atoms with Crippen LogP contribution in [0.25, 0.3) is 11.3 Å². The molecule has 1 amide bonds. The summed E-state index contributed by atoms with van der Waals surface area (Å²) in [4.78, 5) is 14.6. The van der Waals surface area contributed by atoms with Crippen molar-refractivity contribution in [3.05, 3.63) is 28.9 Å². The summed E-state index contributed by atoms with van der Waals surface area (Å²) in [5.41, 5.74) is 2.54. The molecule has 0 spiro atoms. The quantitative estimate of drug-likeness (QED) is 0.827. The van der Waals surface area contributed by atoms with Gasteiger partial charge in [-0.1, -0.05) is 6.42 Å². The average Bonchev–Trinajstić information content (AvgIpc) is 2.94. The standard InChI is InChI=1S/C18H23BrN4O2/c1-22-18(15(19)11-20-22)14-10-13(6-7-16(14)25-2)21-17(24)12-23-8-4-3-5-9-23/h6-7,10-11H,3-5,8-9,12H2,1-2H3,(H,21,24). The number of aryl methyl sites for hydroxylation is 1. The van der Waals surface area contributed by atoms with E-state index in [4.69, 9.17) is 4.74 Å². The second-order valence-corrected chi connectivity index (χ2v) is 7.12. The molecule has 2 aromatic rings. The number of halogens is 1. The Kier molecular flexibility index (Phi) is 5.75. The van der Waals surface area contributed by atoms with Crippen molar-refractivity contribution in [2.24, 2.45) is 7.05 Å². The van der Waals surface area contributed by atoms with Crippen LogP contribution >= 0.6 is 15.9 Å². The number of piperidine rings is 1. The Hall–Kier alpha value is -1.86. The first-order valence-electron chi connectivity index (χ1n) is 8.46. The van der Waals surface area contributed by atoms with Crippen LogP contribution in [0.4, 0.5) is 5.69 Å². The molecule has 0 atom stereocenters. The molecule has 3 rings (SSSR count). The molecule has 6 nitrogen and oxygen atoms in total. The number of rotatable bonds is 5. The van der Waals surface area contributed by atoms with Crippen molar-refractivity contribution in [1.29, 1.82) is 0 Å². The van der Waals surface area contributed by atoms with Crippen LogP contribution in [0, 0.1) is 0 Å². The normalized spacial score (nSPS) is 15.2. The molecule has 1 aliphatic rings. The number of nitrogens with zero attached hydrogens (tertiary/aromatic N) is 3. The minimum Gasteiger partial charge on any atom is -0.496 e. The first kappa shape index (κ1) is 17.9. The Morgan fingerprint density at radius 3 is 2.72 bits per heavy atom. The van der Waals surface area contributed by atoms with Crippen molar-refractivity contribution in [2.45, 2.75) is 19.3 Å². The topological polar surface area (TPSA) is 59.4 Å². The molecule has 0 unspecified atom stereocenters. The van der Waals surface area contributed by atoms with Crippen molar-refractivity contribution >= 4 is 27.5 Å². The summed E-state index contributed by atoms with van der Waals surface area (Å²) in [5.74, 6) is 0.750. The van der Waals surface area contributed by atoms with Gasteiger partial charge in [-0.15, -0.1) is 0 Å². The second kappa shape index (κ2) is 8.01. The number of likely N-dealkylation sites (tertiary alicyclic amines) is 1. The number of hydrogen-bond donors (Lipinski definition) is 1. The fourth-order valence-electron chi connectivity index (χ4n) is 3.21. The maximum Gasteiger partial charge on any atom is 0.238 e. The third-order valence-electron chi connectivity index (χ3n) is 4.45. The fraction of sp³-hybridized carbons (Fsp3) is 0.444. The van der Waals surface area contributed by atoms with Crippen molar-refractivity contribution in [3.63, 3.8) is 0 Å². The average molecular weight is 407 g/mol. The number of hydrogen-bond acceptors (Lipinski definition) is 4. The zero-order chi connectivity index (χ0) is 17.8. The van der Waals surface area contributed by atoms with E-state index in [-0.39, 0.29) is 5.91 Å². The molecule has 1 fully saturated rings. The highest BCUT2D eigenvalue weighted by Crippen LogP contribution is 2.36. The molecule has 2 heterocycles. The number of carbonyl (C=O) groups is 1. The molecule has 25 heavy (non-hydrogen) atoms. The van der Waals surface area contributed by atoms with Gasteiger partial charge in [-0.05, 0) is 60.1 Å². The monoisotopic (exact) mass is 406 g/mol. The molecular formula is C18H23BrN4O2. The summed E-state index contributed by atoms with van der Waals surface area (Å²) >= 11 is 3.53. The van der Waals surface area contributed by atoms with Crippen LogP contribution in [0.15, 0.2) is 28.9 Å². The Morgan fingerprint density at radius 1 is 1.32 bits per heavy atom. The summed E-state index contributed by atoms with van der Waals surface area (Å²) in [6, 6.07) is 5.65. The number of carbonyl (C=O) groups excluding carboxylic acids is 1. The van der Waals surface area contributed by atoms with Crippen LogP contribution in [0.5, 0.6) is 5.75 Å². The molecule has 7 heteroatoms. The molecule has 134 valence electrons. The molecular weight excluding hydrogens is 384 g/mol. The highest BCUT2D eigenvalue weighted by molar-refractivity contribution is 9.10. The van der Waals surface area contributed by atoms with Gasteiger partial charge in [0.1, 0.15) is 5.75 Å². The summed E-state index contributed by atoms with van der Waals surface area (Å²) in [6.07, 6.45) is 5.36. The Morgan fingerprint density at radius 2 is 2.08 bits per heavy atom. The lowest BCUT2D eigenvalue weighted by molar-refractivity contribution is -0.117. The number of methoxy groups -OCH3 is 1. The van der Waals surface area contributed by atoms with Crippen molar-refractivity contribution in [3.8, 4) is 17.0 Å². The van der Waals surface area contributed by atoms with Gasteiger partial charge in [0.15, 0.2) is 0 Å². The van der Waals surface area contributed by atoms with Gasteiger partial charge >= 0.3 is 0 Å². The predicted molar refractivity (Wildman–Crippen MR) is 102 cm³/mol. The van der Waals surface area contributed by atoms with Gasteiger partial charge in [-0.2, -0.15) is 5.10 Å². The Labute approximate surface area is 156 Å². The molecule has 0 bridgehead atoms. The molecule has 0 radical (unpaired) electrons. The maximum absolute atomic E-state index is 12.4. The Balaban J connectivity index is 1.78. The van der Waals surface area contributed by atoms with E-state index in [1.165, 1.54) is 19.3 Å². The van der Waals surface area contributed by atoms with E-state index < -0.39 is 0 Å². The minimum atomic E-state index is 0.0158. The van der Waals surface area contributed by atoms with E-state index >= 15 is 0 Å². The molecule has 1 aromatic heterocycles. The highest BCUT2D eigenvalue weighted by atomic mass is 79.9. The summed E-state index contributed by atoms with van der Waals surface area (Å²) < 4.78 is 8.14. The van der Waals surface area contributed by atoms with Crippen LogP contribution in [-0.4, -0.2) is 47.3 Å². The summed E-state index contributed by atoms with van der Waals surface area (Å²) in [7, 11) is 3.51. The van der Waals surface area contributed by atoms with Gasteiger partial charge in [-0.25, -0.2) is 0 Å². The third kappa shape index (κ3) is 4.22. The van der Waals surface area contributed by atoms with Crippen LogP contribution < -0.4 is 10.1 Å². The lowest BCUT2D eigenvalue weighted by Gasteiger charge is -2.25. The molecule has 1 saturated heterocycles. The van der Waals surface area contributed by atoms with Crippen molar-refractivity contribution < 1.29 is 9.53 Å². The van der Waals surface area contributed by atoms with Gasteiger partial charge in [0.2, 0.25) is 5.91 Å². The van der Waals surface area contributed by atoms with Gasteiger partial charge in [0.05, 0.1) is 30.0 Å². The maximum atomic E-state index is 12.4. The van der Waals surface area contributed by atoms with E-state index in [0.29, 0.717) is 6.54 Å². The van der Waals surface area contributed by atoms with Crippen molar-refractivity contribution in [1.82, 2.24) is 14.7 Å². The van der Waals surface area contributed by atoms with Crippen LogP contribution in [0.2, 0.25) is 0 Å². The Bertz CT molecular complexity index is 734. The molecule has 1 N–H and O–H groups in total. The first-order valence-corrected chi connectivity index (χ1v) is 9.26. The van der Waals surface area contributed by atoms with Gasteiger partial charge < -0.3 is 10.1 Å². The summed E-state index contributed by atoms with van der Waals surface area (Å²) in [6.45, 7) is 2.45. The number of amides is 1. The van der Waals surface area contributed by atoms with E-state index in [1.807, 2.05) is 25.2 Å². The zero-order valence-electron chi connectivity index (χ0n) is 14.6. The predicted octanol–water partition coefficient (Wildman–Crippen LogP) is 3.28. The zero-order valence-corrected chi connectivity index (χ0v) is 16.2. The highest BCUT2D eigenvalue weighted by Gasteiger charge is 2.17. The number of nitrogens with one attached hydrogen (secondary N) is 1. The summed E-state index contributed by atoms with van der Waals surface area (Å²) in [5, 5.41) is 7.26. The largest absolute Gasteiger partial charge is 0.496 e. The molecule has 1 aromatic carbocycles. The van der Waals surface area contributed by atoms with Crippen LogP contribution in [0.3, 0.4) is 0 Å². The molecule has 1 aliphatic heterocycles. The van der Waals surface area contributed by atoms with E-state index in [0.717, 1.165) is 40.3 Å². The lowest BCUT2D eigenvalue weighted by Crippen LogP contribution is -2.36. The van der Waals surface area contributed by atoms with Gasteiger partial charge in [0.25, 0.3) is 0 Å². The lowest BCUT2D eigenvalue weighted by atomic mass is 10.1. The van der Waals surface area contributed by atoms with Crippen LogP contribution in [0.1, 0.15) is 19.3 Å². The van der Waals surface area contributed by atoms with Gasteiger partial charge in [0, 0.05) is 18.3 Å². The molecule has 0 saturated carbocycles. The molecule has 0 aliphatic carbocycles. The van der Waals surface area contributed by atoms with Gasteiger partial charge in [-0.3, -0.25) is 14.4 Å². The van der Waals surface area contributed by atoms with Crippen LogP contribution in [-0.2, 0) is 11.8 Å².